The van der Waals surface area contributed by atoms with E-state index in [0.717, 1.165) is 5.57 Å². The number of hydrogen-bond acceptors (Lipinski definition) is 3. The van der Waals surface area contributed by atoms with Crippen LogP contribution in [-0.2, 0) is 9.53 Å². The highest BCUT2D eigenvalue weighted by Crippen LogP contribution is 2.14. The molecule has 1 atom stereocenters. The topological polar surface area (TPSA) is 38.3 Å². The van der Waals surface area contributed by atoms with Crippen LogP contribution in [0.15, 0.2) is 23.9 Å². The second kappa shape index (κ2) is 3.43. The maximum Gasteiger partial charge on any atom is 0.356 e. The van der Waals surface area contributed by atoms with Gasteiger partial charge in [0.15, 0.2) is 6.23 Å². The molecule has 0 aromatic carbocycles. The number of ether oxygens (including phenoxy) is 1. The van der Waals surface area contributed by atoms with Crippen LogP contribution in [-0.4, -0.2) is 12.2 Å². The van der Waals surface area contributed by atoms with Crippen LogP contribution in [0.5, 0.6) is 0 Å². The van der Waals surface area contributed by atoms with E-state index in [4.69, 9.17) is 4.74 Å². The number of carbonyl (C=O) groups is 1. The Balaban J connectivity index is 2.69. The van der Waals surface area contributed by atoms with Gasteiger partial charge in [0, 0.05) is 6.42 Å². The van der Waals surface area contributed by atoms with Gasteiger partial charge < -0.3 is 10.1 Å². The summed E-state index contributed by atoms with van der Waals surface area (Å²) in [5.74, 6) is -0.262. The Labute approximate surface area is 72.1 Å². The predicted molar refractivity (Wildman–Crippen MR) is 46.2 cm³/mol. The monoisotopic (exact) mass is 167 g/mol. The van der Waals surface area contributed by atoms with E-state index >= 15 is 0 Å². The average molecular weight is 167 g/mol. The van der Waals surface area contributed by atoms with Gasteiger partial charge in [-0.25, -0.2) is 4.79 Å². The summed E-state index contributed by atoms with van der Waals surface area (Å²) in [7, 11) is 0. The normalized spacial score (nSPS) is 21.7. The molecule has 0 aliphatic carbocycles. The lowest BCUT2D eigenvalue weighted by Gasteiger charge is -2.04. The van der Waals surface area contributed by atoms with Gasteiger partial charge in [-0.15, -0.1) is 6.58 Å². The van der Waals surface area contributed by atoms with Crippen LogP contribution in [0.1, 0.15) is 20.3 Å². The van der Waals surface area contributed by atoms with Crippen LogP contribution in [0.4, 0.5) is 0 Å². The van der Waals surface area contributed by atoms with E-state index in [9.17, 15) is 4.79 Å². The van der Waals surface area contributed by atoms with Crippen LogP contribution in [0, 0.1) is 0 Å². The molecule has 66 valence electrons. The fourth-order valence-electron chi connectivity index (χ4n) is 1.04. The van der Waals surface area contributed by atoms with E-state index < -0.39 is 0 Å². The molecule has 0 spiro atoms. The van der Waals surface area contributed by atoms with E-state index in [-0.39, 0.29) is 12.2 Å². The van der Waals surface area contributed by atoms with Gasteiger partial charge in [-0.05, 0) is 19.4 Å². The van der Waals surface area contributed by atoms with Crippen molar-refractivity contribution < 1.29 is 9.53 Å². The van der Waals surface area contributed by atoms with Gasteiger partial charge in [0.2, 0.25) is 0 Å². The molecule has 0 saturated carbocycles. The van der Waals surface area contributed by atoms with E-state index in [1.807, 2.05) is 13.8 Å². The van der Waals surface area contributed by atoms with E-state index in [2.05, 4.69) is 11.9 Å². The van der Waals surface area contributed by atoms with Gasteiger partial charge in [0.25, 0.3) is 0 Å². The lowest BCUT2D eigenvalue weighted by Crippen LogP contribution is -2.20. The molecule has 1 aliphatic heterocycles. The highest BCUT2D eigenvalue weighted by molar-refractivity contribution is 5.90. The molecule has 1 saturated heterocycles. The van der Waals surface area contributed by atoms with E-state index in [1.165, 1.54) is 0 Å². The second-order valence-electron chi connectivity index (χ2n) is 2.94. The lowest BCUT2D eigenvalue weighted by atomic mass is 10.2. The molecule has 1 fully saturated rings. The Morgan fingerprint density at radius 1 is 1.75 bits per heavy atom. The van der Waals surface area contributed by atoms with Gasteiger partial charge in [0.05, 0.1) is 0 Å². The van der Waals surface area contributed by atoms with E-state index in [0.29, 0.717) is 12.1 Å². The van der Waals surface area contributed by atoms with Crippen molar-refractivity contribution in [1.29, 1.82) is 0 Å². The van der Waals surface area contributed by atoms with Crippen molar-refractivity contribution in [2.24, 2.45) is 0 Å². The predicted octanol–water partition coefficient (Wildman–Crippen LogP) is 1.33. The summed E-state index contributed by atoms with van der Waals surface area (Å²) in [5.41, 5.74) is 1.54. The number of allylic oxidation sites excluding steroid dienone is 1. The first-order chi connectivity index (χ1) is 5.65. The third-order valence-electron chi connectivity index (χ3n) is 1.64. The highest BCUT2D eigenvalue weighted by atomic mass is 16.6. The fourth-order valence-corrected chi connectivity index (χ4v) is 1.04. The Hall–Kier alpha value is -1.25. The third-order valence-corrected chi connectivity index (χ3v) is 1.64. The molecule has 1 heterocycles. The number of rotatable bonds is 2. The first-order valence-electron chi connectivity index (χ1n) is 3.91. The van der Waals surface area contributed by atoms with Crippen LogP contribution in [0.3, 0.4) is 0 Å². The third kappa shape index (κ3) is 1.67. The largest absolute Gasteiger partial charge is 0.437 e. The Kier molecular flexibility index (Phi) is 2.53. The zero-order chi connectivity index (χ0) is 9.14. The molecule has 1 N–H and O–H groups in total. The fraction of sp³-hybridized carbons (Fsp3) is 0.444. The van der Waals surface area contributed by atoms with Crippen molar-refractivity contribution in [1.82, 2.24) is 5.32 Å². The van der Waals surface area contributed by atoms with Crippen molar-refractivity contribution >= 4 is 5.97 Å². The molecule has 0 amide bonds. The first kappa shape index (κ1) is 8.84. The summed E-state index contributed by atoms with van der Waals surface area (Å²) in [4.78, 5) is 11.1. The summed E-state index contributed by atoms with van der Waals surface area (Å²) >= 11 is 0. The second-order valence-corrected chi connectivity index (χ2v) is 2.94. The highest BCUT2D eigenvalue weighted by Gasteiger charge is 2.27. The number of hydrogen-bond donors (Lipinski definition) is 1. The minimum Gasteiger partial charge on any atom is -0.437 e. The standard InChI is InChI=1S/C9H13NO2/c1-4-5-7-10-8(6(2)3)9(11)12-7/h4,7,10H,1,5H2,2-3H3. The molecule has 1 unspecified atom stereocenters. The van der Waals surface area contributed by atoms with Crippen molar-refractivity contribution in [3.8, 4) is 0 Å². The van der Waals surface area contributed by atoms with Gasteiger partial charge in [-0.2, -0.15) is 0 Å². The molecular formula is C9H13NO2. The molecule has 1 aliphatic rings. The molecule has 3 nitrogen and oxygen atoms in total. The van der Waals surface area contributed by atoms with Crippen LogP contribution in [0.2, 0.25) is 0 Å². The van der Waals surface area contributed by atoms with Gasteiger partial charge in [-0.3, -0.25) is 0 Å². The number of cyclic esters (lactones) is 1. The summed E-state index contributed by atoms with van der Waals surface area (Å²) in [5, 5.41) is 2.98. The van der Waals surface area contributed by atoms with Crippen molar-refractivity contribution in [2.45, 2.75) is 26.5 Å². The molecule has 0 radical (unpaired) electrons. The Bertz CT molecular complexity index is 239. The zero-order valence-corrected chi connectivity index (χ0v) is 7.39. The van der Waals surface area contributed by atoms with Crippen molar-refractivity contribution in [3.63, 3.8) is 0 Å². The summed E-state index contributed by atoms with van der Waals surface area (Å²) in [6.45, 7) is 7.32. The van der Waals surface area contributed by atoms with Crippen molar-refractivity contribution in [2.75, 3.05) is 0 Å². The molecule has 0 aromatic heterocycles. The van der Waals surface area contributed by atoms with Gasteiger partial charge in [-0.1, -0.05) is 6.08 Å². The molecule has 1 rings (SSSR count). The first-order valence-corrected chi connectivity index (χ1v) is 3.91. The SMILES string of the molecule is C=CCC1NC(=C(C)C)C(=O)O1. The maximum atomic E-state index is 11.1. The Morgan fingerprint density at radius 3 is 2.83 bits per heavy atom. The summed E-state index contributed by atoms with van der Waals surface area (Å²) in [6, 6.07) is 0. The minimum atomic E-state index is -0.262. The van der Waals surface area contributed by atoms with Crippen LogP contribution >= 0.6 is 0 Å². The average Bonchev–Trinajstić information content (AvgIpc) is 2.32. The molecule has 3 heteroatoms. The van der Waals surface area contributed by atoms with Gasteiger partial charge in [0.1, 0.15) is 5.70 Å². The van der Waals surface area contributed by atoms with E-state index in [1.54, 1.807) is 6.08 Å². The number of nitrogens with one attached hydrogen (secondary N) is 1. The maximum absolute atomic E-state index is 11.1. The van der Waals surface area contributed by atoms with Crippen molar-refractivity contribution in [3.05, 3.63) is 23.9 Å². The minimum absolute atomic E-state index is 0.222. The molecule has 12 heavy (non-hydrogen) atoms. The molecule has 0 bridgehead atoms. The smallest absolute Gasteiger partial charge is 0.356 e. The zero-order valence-electron chi connectivity index (χ0n) is 7.39. The van der Waals surface area contributed by atoms with Crippen LogP contribution in [0.25, 0.3) is 0 Å². The Morgan fingerprint density at radius 2 is 2.42 bits per heavy atom. The lowest BCUT2D eigenvalue weighted by molar-refractivity contribution is -0.138. The number of esters is 1. The van der Waals surface area contributed by atoms with Crippen LogP contribution < -0.4 is 5.32 Å². The quantitative estimate of drug-likeness (QED) is 0.383. The summed E-state index contributed by atoms with van der Waals surface area (Å²) in [6.07, 6.45) is 2.14. The molecular weight excluding hydrogens is 154 g/mol. The number of carbonyl (C=O) groups excluding carboxylic acids is 1. The molecule has 0 aromatic rings. The summed E-state index contributed by atoms with van der Waals surface area (Å²) < 4.78 is 5.00. The van der Waals surface area contributed by atoms with Gasteiger partial charge >= 0.3 is 5.97 Å².